The molecule has 4 rings (SSSR count). The third kappa shape index (κ3) is 3.46. The molecule has 27 heavy (non-hydrogen) atoms. The number of thiazole rings is 1. The van der Waals surface area contributed by atoms with Gasteiger partial charge in [-0.25, -0.2) is 4.98 Å². The number of rotatable bonds is 3. The van der Waals surface area contributed by atoms with Gasteiger partial charge in [0.15, 0.2) is 9.79 Å². The van der Waals surface area contributed by atoms with Gasteiger partial charge in [0.2, 0.25) is 0 Å². The fraction of sp³-hybridized carbons (Fsp3) is 0.105. The van der Waals surface area contributed by atoms with Gasteiger partial charge in [0.25, 0.3) is 11.8 Å². The SMILES string of the molecule is Cc1ncc(CNC(=O)c2ccc3c(c2)NC(=O)c2ccccc2[S+]3[O-])s1. The second-order valence-corrected chi connectivity index (χ2v) is 8.69. The molecule has 0 saturated heterocycles. The first kappa shape index (κ1) is 17.7. The second kappa shape index (κ2) is 7.15. The Labute approximate surface area is 162 Å². The lowest BCUT2D eigenvalue weighted by atomic mass is 10.1. The average Bonchev–Trinajstić information content (AvgIpc) is 3.06. The third-order valence-electron chi connectivity index (χ3n) is 4.11. The van der Waals surface area contributed by atoms with Crippen LogP contribution >= 0.6 is 11.3 Å². The molecule has 0 spiro atoms. The first-order valence-electron chi connectivity index (χ1n) is 8.18. The zero-order valence-electron chi connectivity index (χ0n) is 14.3. The molecular weight excluding hydrogens is 382 g/mol. The molecule has 3 aromatic rings. The molecule has 0 fully saturated rings. The summed E-state index contributed by atoms with van der Waals surface area (Å²) in [6.45, 7) is 2.29. The Morgan fingerprint density at radius 2 is 2.07 bits per heavy atom. The first-order valence-corrected chi connectivity index (χ1v) is 10.2. The lowest BCUT2D eigenvalue weighted by Gasteiger charge is -2.12. The van der Waals surface area contributed by atoms with Crippen LogP contribution in [-0.4, -0.2) is 21.4 Å². The summed E-state index contributed by atoms with van der Waals surface area (Å²) in [5.41, 5.74) is 1.15. The van der Waals surface area contributed by atoms with E-state index in [0.717, 1.165) is 9.88 Å². The molecule has 0 bridgehead atoms. The molecule has 2 amide bonds. The summed E-state index contributed by atoms with van der Waals surface area (Å²) in [5.74, 6) is -0.610. The molecule has 0 radical (unpaired) electrons. The third-order valence-corrected chi connectivity index (χ3v) is 6.54. The van der Waals surface area contributed by atoms with Crippen molar-refractivity contribution in [3.8, 4) is 0 Å². The van der Waals surface area contributed by atoms with E-state index >= 15 is 0 Å². The lowest BCUT2D eigenvalue weighted by molar-refractivity contribution is 0.0949. The molecule has 1 unspecified atom stereocenters. The molecule has 136 valence electrons. The number of aryl methyl sites for hydroxylation is 1. The van der Waals surface area contributed by atoms with E-state index in [4.69, 9.17) is 0 Å². The molecule has 1 aromatic heterocycles. The van der Waals surface area contributed by atoms with Gasteiger partial charge in [0, 0.05) is 27.8 Å². The molecule has 1 atom stereocenters. The van der Waals surface area contributed by atoms with E-state index in [1.165, 1.54) is 11.3 Å². The fourth-order valence-electron chi connectivity index (χ4n) is 2.81. The molecule has 1 aliphatic heterocycles. The maximum Gasteiger partial charge on any atom is 0.260 e. The van der Waals surface area contributed by atoms with Gasteiger partial charge >= 0.3 is 0 Å². The summed E-state index contributed by atoms with van der Waals surface area (Å²) in [7, 11) is 0. The summed E-state index contributed by atoms with van der Waals surface area (Å²) >= 11 is 0.0191. The van der Waals surface area contributed by atoms with Crippen LogP contribution in [0.4, 0.5) is 5.69 Å². The highest BCUT2D eigenvalue weighted by Crippen LogP contribution is 2.34. The van der Waals surface area contributed by atoms with Crippen molar-refractivity contribution in [2.24, 2.45) is 0 Å². The largest absolute Gasteiger partial charge is 0.606 e. The summed E-state index contributed by atoms with van der Waals surface area (Å²) in [4.78, 5) is 31.0. The highest BCUT2D eigenvalue weighted by molar-refractivity contribution is 7.91. The van der Waals surface area contributed by atoms with E-state index in [0.29, 0.717) is 33.2 Å². The van der Waals surface area contributed by atoms with Gasteiger partial charge in [0.05, 0.1) is 22.8 Å². The second-order valence-electron chi connectivity index (χ2n) is 5.96. The Hall–Kier alpha value is -2.68. The van der Waals surface area contributed by atoms with E-state index in [2.05, 4.69) is 15.6 Å². The van der Waals surface area contributed by atoms with Gasteiger partial charge in [-0.2, -0.15) is 0 Å². The number of benzene rings is 2. The van der Waals surface area contributed by atoms with Crippen LogP contribution in [0, 0.1) is 6.92 Å². The minimum absolute atomic E-state index is 0.273. The van der Waals surface area contributed by atoms with Crippen LogP contribution < -0.4 is 10.6 Å². The van der Waals surface area contributed by atoms with E-state index < -0.39 is 11.2 Å². The minimum atomic E-state index is -1.50. The van der Waals surface area contributed by atoms with Gasteiger partial charge in [-0.05, 0) is 37.3 Å². The number of fused-ring (bicyclic) bond motifs is 2. The van der Waals surface area contributed by atoms with E-state index in [1.807, 2.05) is 6.92 Å². The zero-order valence-corrected chi connectivity index (χ0v) is 15.9. The van der Waals surface area contributed by atoms with Crippen LogP contribution in [0.2, 0.25) is 0 Å². The van der Waals surface area contributed by atoms with Crippen molar-refractivity contribution in [1.29, 1.82) is 0 Å². The number of anilines is 1. The number of nitrogens with zero attached hydrogens (tertiary/aromatic N) is 1. The van der Waals surface area contributed by atoms with Gasteiger partial charge in [-0.3, -0.25) is 9.59 Å². The smallest absolute Gasteiger partial charge is 0.260 e. The molecule has 2 aromatic carbocycles. The standard InChI is InChI=1S/C19H15N3O3S2/c1-11-20-9-13(26-11)10-21-18(23)12-6-7-17-15(8-12)22-19(24)14-4-2-3-5-16(14)27(17)25/h2-9H,10H2,1H3,(H,21,23)(H,22,24). The van der Waals surface area contributed by atoms with E-state index in [9.17, 15) is 14.1 Å². The number of amides is 2. The molecule has 1 aliphatic rings. The molecule has 8 heteroatoms. The summed E-state index contributed by atoms with van der Waals surface area (Å²) in [5, 5.41) is 6.53. The number of nitrogens with one attached hydrogen (secondary N) is 2. The van der Waals surface area contributed by atoms with Crippen LogP contribution in [0.1, 0.15) is 30.6 Å². The average molecular weight is 397 g/mol. The van der Waals surface area contributed by atoms with E-state index in [-0.39, 0.29) is 11.8 Å². The molecule has 0 saturated carbocycles. The quantitative estimate of drug-likeness (QED) is 0.664. The van der Waals surface area contributed by atoms with Crippen LogP contribution in [0.15, 0.2) is 58.5 Å². The van der Waals surface area contributed by atoms with Crippen LogP contribution in [0.25, 0.3) is 0 Å². The van der Waals surface area contributed by atoms with E-state index in [1.54, 1.807) is 48.7 Å². The summed E-state index contributed by atoms with van der Waals surface area (Å²) < 4.78 is 12.9. The van der Waals surface area contributed by atoms with Gasteiger partial charge in [-0.1, -0.05) is 12.1 Å². The highest BCUT2D eigenvalue weighted by Gasteiger charge is 2.30. The van der Waals surface area contributed by atoms with Crippen LogP contribution in [0.3, 0.4) is 0 Å². The summed E-state index contributed by atoms with van der Waals surface area (Å²) in [6, 6.07) is 11.6. The molecule has 0 aliphatic carbocycles. The Kier molecular flexibility index (Phi) is 4.69. The predicted molar refractivity (Wildman–Crippen MR) is 104 cm³/mol. The first-order chi connectivity index (χ1) is 13.0. The normalized spacial score (nSPS) is 15.3. The molecule has 2 heterocycles. The van der Waals surface area contributed by atoms with Gasteiger partial charge in [0.1, 0.15) is 0 Å². The Bertz CT molecular complexity index is 1050. The molecule has 6 nitrogen and oxygen atoms in total. The molecular formula is C19H15N3O3S2. The molecule has 2 N–H and O–H groups in total. The summed E-state index contributed by atoms with van der Waals surface area (Å²) in [6.07, 6.45) is 1.73. The zero-order chi connectivity index (χ0) is 19.0. The Morgan fingerprint density at radius 3 is 2.85 bits per heavy atom. The number of carbonyl (C=O) groups excluding carboxylic acids is 2. The Morgan fingerprint density at radius 1 is 1.26 bits per heavy atom. The van der Waals surface area contributed by atoms with Crippen molar-refractivity contribution < 1.29 is 14.1 Å². The van der Waals surface area contributed by atoms with Gasteiger partial charge < -0.3 is 15.2 Å². The van der Waals surface area contributed by atoms with Crippen molar-refractivity contribution in [2.45, 2.75) is 23.3 Å². The van der Waals surface area contributed by atoms with Crippen LogP contribution in [-0.2, 0) is 17.7 Å². The van der Waals surface area contributed by atoms with Gasteiger partial charge in [-0.15, -0.1) is 11.3 Å². The number of carbonyl (C=O) groups is 2. The topological polar surface area (TPSA) is 94.2 Å². The van der Waals surface area contributed by atoms with Crippen molar-refractivity contribution >= 4 is 40.0 Å². The monoisotopic (exact) mass is 397 g/mol. The maximum absolute atomic E-state index is 12.9. The minimum Gasteiger partial charge on any atom is -0.606 e. The maximum atomic E-state index is 12.9. The van der Waals surface area contributed by atoms with Crippen molar-refractivity contribution in [3.63, 3.8) is 0 Å². The Balaban J connectivity index is 1.59. The van der Waals surface area contributed by atoms with Crippen molar-refractivity contribution in [2.75, 3.05) is 5.32 Å². The fourth-order valence-corrected chi connectivity index (χ4v) is 4.85. The number of aromatic nitrogens is 1. The van der Waals surface area contributed by atoms with Crippen LogP contribution in [0.5, 0.6) is 0 Å². The highest BCUT2D eigenvalue weighted by atomic mass is 32.2. The number of hydrogen-bond acceptors (Lipinski definition) is 5. The number of hydrogen-bond donors (Lipinski definition) is 2. The predicted octanol–water partition coefficient (Wildman–Crippen LogP) is 3.11. The lowest BCUT2D eigenvalue weighted by Crippen LogP contribution is -2.22. The van der Waals surface area contributed by atoms with Crippen molar-refractivity contribution in [1.82, 2.24) is 10.3 Å². The van der Waals surface area contributed by atoms with Crippen molar-refractivity contribution in [3.05, 3.63) is 69.7 Å².